The van der Waals surface area contributed by atoms with E-state index in [1.165, 1.54) is 6.07 Å². The molecule has 2 aromatic rings. The highest BCUT2D eigenvalue weighted by atomic mass is 19.1. The molecule has 2 unspecified atom stereocenters. The maximum Gasteiger partial charge on any atom is 0.410 e. The third-order valence-electron chi connectivity index (χ3n) is 6.20. The summed E-state index contributed by atoms with van der Waals surface area (Å²) in [5.74, 6) is -0.370. The smallest absolute Gasteiger partial charge is 0.410 e. The summed E-state index contributed by atoms with van der Waals surface area (Å²) in [5.41, 5.74) is 2.01. The summed E-state index contributed by atoms with van der Waals surface area (Å²) in [4.78, 5) is 27.7. The number of ketones is 1. The van der Waals surface area contributed by atoms with Crippen LogP contribution in [0.1, 0.15) is 53.6 Å². The number of nitrogens with zero attached hydrogens (tertiary/aromatic N) is 1. The van der Waals surface area contributed by atoms with Gasteiger partial charge in [-0.2, -0.15) is 0 Å². The Kier molecular flexibility index (Phi) is 5.65. The lowest BCUT2D eigenvalue weighted by Crippen LogP contribution is -2.55. The number of fused-ring (bicyclic) bond motifs is 2. The number of hydrogen-bond acceptors (Lipinski definition) is 3. The quantitative estimate of drug-likeness (QED) is 0.661. The molecule has 0 saturated carbocycles. The first-order valence-electron chi connectivity index (χ1n) is 10.3. The molecule has 2 heterocycles. The second-order valence-corrected chi connectivity index (χ2v) is 8.18. The molecule has 0 spiro atoms. The van der Waals surface area contributed by atoms with Gasteiger partial charge < -0.3 is 9.64 Å². The standard InChI is InChI=1S/C24H26FNO3/c1-16-12-18(10-11-22(16)25)23(27)19-13-20-8-5-9-21(14-19)26(20)24(28)29-15-17-6-3-2-4-7-17/h2-4,6-7,10-12,19-21H,5,8-9,13-15H2,1H3. The van der Waals surface area contributed by atoms with Crippen LogP contribution in [0.25, 0.3) is 0 Å². The van der Waals surface area contributed by atoms with E-state index in [0.717, 1.165) is 24.8 Å². The lowest BCUT2D eigenvalue weighted by molar-refractivity contribution is 0.00472. The van der Waals surface area contributed by atoms with Crippen LogP contribution < -0.4 is 0 Å². The average molecular weight is 395 g/mol. The van der Waals surface area contributed by atoms with E-state index >= 15 is 0 Å². The van der Waals surface area contributed by atoms with Crippen LogP contribution >= 0.6 is 0 Å². The van der Waals surface area contributed by atoms with Gasteiger partial charge in [0.25, 0.3) is 0 Å². The minimum atomic E-state index is -0.297. The molecule has 4 rings (SSSR count). The van der Waals surface area contributed by atoms with Crippen molar-refractivity contribution in [1.82, 2.24) is 4.90 Å². The maximum atomic E-state index is 13.6. The van der Waals surface area contributed by atoms with Crippen LogP contribution in [0.3, 0.4) is 0 Å². The number of ether oxygens (including phenoxy) is 1. The van der Waals surface area contributed by atoms with Crippen LogP contribution in [0.2, 0.25) is 0 Å². The first kappa shape index (κ1) is 19.6. The van der Waals surface area contributed by atoms with E-state index in [4.69, 9.17) is 4.74 Å². The summed E-state index contributed by atoms with van der Waals surface area (Å²) in [7, 11) is 0. The minimum Gasteiger partial charge on any atom is -0.445 e. The molecule has 2 atom stereocenters. The van der Waals surface area contributed by atoms with Gasteiger partial charge in [0.05, 0.1) is 0 Å². The summed E-state index contributed by atoms with van der Waals surface area (Å²) in [6.45, 7) is 1.93. The van der Waals surface area contributed by atoms with Crippen molar-refractivity contribution in [2.75, 3.05) is 0 Å². The zero-order chi connectivity index (χ0) is 20.4. The number of hydrogen-bond donors (Lipinski definition) is 0. The Hall–Kier alpha value is -2.69. The van der Waals surface area contributed by atoms with Crippen molar-refractivity contribution in [3.63, 3.8) is 0 Å². The molecule has 0 aromatic heterocycles. The van der Waals surface area contributed by atoms with Crippen LogP contribution in [-0.4, -0.2) is 28.9 Å². The molecule has 29 heavy (non-hydrogen) atoms. The van der Waals surface area contributed by atoms with Gasteiger partial charge in [0.1, 0.15) is 12.4 Å². The predicted molar refractivity (Wildman–Crippen MR) is 108 cm³/mol. The van der Waals surface area contributed by atoms with Crippen molar-refractivity contribution in [3.05, 3.63) is 71.0 Å². The fourth-order valence-electron chi connectivity index (χ4n) is 4.72. The molecule has 2 aliphatic heterocycles. The molecule has 2 aliphatic rings. The van der Waals surface area contributed by atoms with Crippen LogP contribution in [0, 0.1) is 18.7 Å². The number of carbonyl (C=O) groups is 2. The van der Waals surface area contributed by atoms with Crippen LogP contribution in [0.4, 0.5) is 9.18 Å². The average Bonchev–Trinajstić information content (AvgIpc) is 2.73. The first-order valence-corrected chi connectivity index (χ1v) is 10.3. The van der Waals surface area contributed by atoms with E-state index in [0.29, 0.717) is 24.0 Å². The van der Waals surface area contributed by atoms with Crippen LogP contribution in [0.5, 0.6) is 0 Å². The third-order valence-corrected chi connectivity index (χ3v) is 6.20. The van der Waals surface area contributed by atoms with E-state index in [2.05, 4.69) is 0 Å². The molecule has 0 aliphatic carbocycles. The second kappa shape index (κ2) is 8.36. The van der Waals surface area contributed by atoms with Crippen molar-refractivity contribution in [1.29, 1.82) is 0 Å². The molecular weight excluding hydrogens is 369 g/mol. The first-order chi connectivity index (χ1) is 14.0. The van der Waals surface area contributed by atoms with Gasteiger partial charge in [-0.25, -0.2) is 9.18 Å². The highest BCUT2D eigenvalue weighted by molar-refractivity contribution is 5.98. The number of amides is 1. The fourth-order valence-corrected chi connectivity index (χ4v) is 4.72. The predicted octanol–water partition coefficient (Wildman–Crippen LogP) is 5.29. The van der Waals surface area contributed by atoms with Crippen molar-refractivity contribution < 1.29 is 18.7 Å². The molecule has 0 radical (unpaired) electrons. The van der Waals surface area contributed by atoms with Gasteiger partial charge in [0.2, 0.25) is 0 Å². The summed E-state index contributed by atoms with van der Waals surface area (Å²) < 4.78 is 19.1. The van der Waals surface area contributed by atoms with Gasteiger partial charge in [-0.3, -0.25) is 4.79 Å². The molecular formula is C24H26FNO3. The number of benzene rings is 2. The summed E-state index contributed by atoms with van der Waals surface area (Å²) in [6.07, 6.45) is 3.85. The van der Waals surface area contributed by atoms with Crippen molar-refractivity contribution >= 4 is 11.9 Å². The molecule has 4 nitrogen and oxygen atoms in total. The largest absolute Gasteiger partial charge is 0.445 e. The topological polar surface area (TPSA) is 46.6 Å². The van der Waals surface area contributed by atoms with Gasteiger partial charge in [0.15, 0.2) is 5.78 Å². The van der Waals surface area contributed by atoms with E-state index in [9.17, 15) is 14.0 Å². The second-order valence-electron chi connectivity index (χ2n) is 8.18. The van der Waals surface area contributed by atoms with Gasteiger partial charge in [-0.15, -0.1) is 0 Å². The molecule has 1 amide bonds. The fraction of sp³-hybridized carbons (Fsp3) is 0.417. The molecule has 2 fully saturated rings. The SMILES string of the molecule is Cc1cc(C(=O)C2CC3CCCC(C2)N3C(=O)OCc2ccccc2)ccc1F. The van der Waals surface area contributed by atoms with Gasteiger partial charge in [-0.1, -0.05) is 30.3 Å². The maximum absolute atomic E-state index is 13.6. The Labute approximate surface area is 170 Å². The number of Topliss-reactive ketones (excluding diaryl/α,β-unsaturated/α-hetero) is 1. The Morgan fingerprint density at radius 3 is 2.41 bits per heavy atom. The highest BCUT2D eigenvalue weighted by Gasteiger charge is 2.43. The van der Waals surface area contributed by atoms with Crippen molar-refractivity contribution in [3.8, 4) is 0 Å². The molecule has 5 heteroatoms. The lowest BCUT2D eigenvalue weighted by atomic mass is 9.76. The highest BCUT2D eigenvalue weighted by Crippen LogP contribution is 2.39. The number of halogens is 1. The molecule has 152 valence electrons. The van der Waals surface area contributed by atoms with Gasteiger partial charge >= 0.3 is 6.09 Å². The molecule has 2 bridgehead atoms. The summed E-state index contributed by atoms with van der Waals surface area (Å²) in [5, 5.41) is 0. The number of carbonyl (C=O) groups excluding carboxylic acids is 2. The van der Waals surface area contributed by atoms with E-state index in [1.54, 1.807) is 19.1 Å². The number of piperidine rings is 2. The lowest BCUT2D eigenvalue weighted by Gasteiger charge is -2.47. The summed E-state index contributed by atoms with van der Waals surface area (Å²) >= 11 is 0. The molecule has 2 saturated heterocycles. The van der Waals surface area contributed by atoms with Crippen LogP contribution in [0.15, 0.2) is 48.5 Å². The Morgan fingerprint density at radius 1 is 1.07 bits per heavy atom. The zero-order valence-corrected chi connectivity index (χ0v) is 16.6. The van der Waals surface area contributed by atoms with E-state index in [1.807, 2.05) is 35.2 Å². The minimum absolute atomic E-state index is 0.0290. The Balaban J connectivity index is 1.43. The van der Waals surface area contributed by atoms with Crippen molar-refractivity contribution in [2.24, 2.45) is 5.92 Å². The van der Waals surface area contributed by atoms with Gasteiger partial charge in [-0.05, 0) is 68.4 Å². The van der Waals surface area contributed by atoms with E-state index in [-0.39, 0.29) is 42.3 Å². The number of rotatable bonds is 4. The zero-order valence-electron chi connectivity index (χ0n) is 16.6. The third kappa shape index (κ3) is 4.19. The Bertz CT molecular complexity index is 884. The molecule has 2 aromatic carbocycles. The monoisotopic (exact) mass is 395 g/mol. The Morgan fingerprint density at radius 2 is 1.76 bits per heavy atom. The van der Waals surface area contributed by atoms with Crippen molar-refractivity contribution in [2.45, 2.75) is 57.7 Å². The number of aryl methyl sites for hydroxylation is 1. The van der Waals surface area contributed by atoms with Gasteiger partial charge in [0, 0.05) is 23.6 Å². The normalized spacial score (nSPS) is 23.5. The van der Waals surface area contributed by atoms with Crippen LogP contribution in [-0.2, 0) is 11.3 Å². The summed E-state index contributed by atoms with van der Waals surface area (Å²) in [6, 6.07) is 14.3. The molecule has 0 N–H and O–H groups in total. The van der Waals surface area contributed by atoms with E-state index < -0.39 is 0 Å².